The first-order valence-electron chi connectivity index (χ1n) is 5.67. The molecule has 0 saturated carbocycles. The summed E-state index contributed by atoms with van der Waals surface area (Å²) in [6.07, 6.45) is -0.759. The normalized spacial score (nSPS) is 10.7. The maximum Gasteiger partial charge on any atom is 0.514 e. The molecule has 1 rings (SSSR count). The standard InChI is InChI=1S/C13H16BrNO4/c1-13(2,3)19-12(17)18-10-6-4-9(5-7-10)15-11(16)8-14/h4-7H,8H2,1-3H3,(H,15,16). The van der Waals surface area contributed by atoms with Crippen LogP contribution in [0.3, 0.4) is 0 Å². The molecule has 6 heteroatoms. The second-order valence-corrected chi connectivity index (χ2v) is 5.33. The van der Waals surface area contributed by atoms with Gasteiger partial charge in [0.1, 0.15) is 11.4 Å². The molecule has 0 bridgehead atoms. The molecule has 1 aromatic carbocycles. The third kappa shape index (κ3) is 6.24. The SMILES string of the molecule is CC(C)(C)OC(=O)Oc1ccc(NC(=O)CBr)cc1. The molecule has 104 valence electrons. The van der Waals surface area contributed by atoms with E-state index in [-0.39, 0.29) is 11.2 Å². The smallest absolute Gasteiger partial charge is 0.428 e. The lowest BCUT2D eigenvalue weighted by Gasteiger charge is -2.18. The van der Waals surface area contributed by atoms with Gasteiger partial charge in [0.05, 0.1) is 5.33 Å². The van der Waals surface area contributed by atoms with Crippen molar-refractivity contribution in [1.29, 1.82) is 0 Å². The highest BCUT2D eigenvalue weighted by Crippen LogP contribution is 2.17. The first kappa shape index (κ1) is 15.5. The van der Waals surface area contributed by atoms with Crippen LogP contribution in [0.25, 0.3) is 0 Å². The van der Waals surface area contributed by atoms with Crippen molar-refractivity contribution in [2.24, 2.45) is 0 Å². The number of benzene rings is 1. The van der Waals surface area contributed by atoms with Crippen molar-refractivity contribution in [1.82, 2.24) is 0 Å². The average Bonchev–Trinajstić information content (AvgIpc) is 2.29. The summed E-state index contributed by atoms with van der Waals surface area (Å²) >= 11 is 3.05. The number of carbonyl (C=O) groups is 2. The van der Waals surface area contributed by atoms with E-state index in [0.29, 0.717) is 11.4 Å². The molecule has 0 aliphatic carbocycles. The molecular weight excluding hydrogens is 314 g/mol. The van der Waals surface area contributed by atoms with Crippen molar-refractivity contribution in [2.75, 3.05) is 10.6 Å². The number of halogens is 1. The van der Waals surface area contributed by atoms with E-state index >= 15 is 0 Å². The highest BCUT2D eigenvalue weighted by molar-refractivity contribution is 9.09. The van der Waals surface area contributed by atoms with Gasteiger partial charge in [-0.2, -0.15) is 0 Å². The first-order chi connectivity index (χ1) is 8.80. The monoisotopic (exact) mass is 329 g/mol. The van der Waals surface area contributed by atoms with Gasteiger partial charge in [-0.3, -0.25) is 4.79 Å². The minimum absolute atomic E-state index is 0.152. The van der Waals surface area contributed by atoms with Crippen molar-refractivity contribution in [3.05, 3.63) is 24.3 Å². The van der Waals surface area contributed by atoms with Crippen molar-refractivity contribution in [2.45, 2.75) is 26.4 Å². The molecule has 0 aliphatic heterocycles. The number of nitrogens with one attached hydrogen (secondary N) is 1. The van der Waals surface area contributed by atoms with Gasteiger partial charge in [0.2, 0.25) is 5.91 Å². The van der Waals surface area contributed by atoms with E-state index in [1.54, 1.807) is 45.0 Å². The van der Waals surface area contributed by atoms with Gasteiger partial charge in [-0.05, 0) is 45.0 Å². The maximum atomic E-state index is 11.4. The van der Waals surface area contributed by atoms with E-state index in [2.05, 4.69) is 21.2 Å². The molecule has 1 N–H and O–H groups in total. The van der Waals surface area contributed by atoms with Gasteiger partial charge in [-0.15, -0.1) is 0 Å². The minimum Gasteiger partial charge on any atom is -0.428 e. The number of amides is 1. The van der Waals surface area contributed by atoms with Gasteiger partial charge in [0.25, 0.3) is 0 Å². The lowest BCUT2D eigenvalue weighted by atomic mass is 10.2. The van der Waals surface area contributed by atoms with Crippen LogP contribution in [0.5, 0.6) is 5.75 Å². The molecule has 0 saturated heterocycles. The number of ether oxygens (including phenoxy) is 2. The molecule has 0 heterocycles. The molecule has 0 unspecified atom stereocenters. The Morgan fingerprint density at radius 1 is 1.21 bits per heavy atom. The molecule has 1 aromatic rings. The number of hydrogen-bond acceptors (Lipinski definition) is 4. The molecule has 19 heavy (non-hydrogen) atoms. The van der Waals surface area contributed by atoms with Crippen molar-refractivity contribution in [3.8, 4) is 5.75 Å². The van der Waals surface area contributed by atoms with E-state index < -0.39 is 11.8 Å². The quantitative estimate of drug-likeness (QED) is 0.524. The lowest BCUT2D eigenvalue weighted by Crippen LogP contribution is -2.25. The predicted octanol–water partition coefficient (Wildman–Crippen LogP) is 3.33. The zero-order valence-corrected chi connectivity index (χ0v) is 12.6. The Hall–Kier alpha value is -1.56. The number of carbonyl (C=O) groups excluding carboxylic acids is 2. The summed E-state index contributed by atoms with van der Waals surface area (Å²) in [6, 6.07) is 6.43. The molecule has 0 fully saturated rings. The molecule has 0 aromatic heterocycles. The zero-order valence-electron chi connectivity index (χ0n) is 11.0. The first-order valence-corrected chi connectivity index (χ1v) is 6.79. The van der Waals surface area contributed by atoms with Crippen LogP contribution in [-0.4, -0.2) is 23.0 Å². The van der Waals surface area contributed by atoms with Crippen LogP contribution in [0.1, 0.15) is 20.8 Å². The van der Waals surface area contributed by atoms with E-state index in [0.717, 1.165) is 0 Å². The highest BCUT2D eigenvalue weighted by atomic mass is 79.9. The second kappa shape index (κ2) is 6.56. The predicted molar refractivity (Wildman–Crippen MR) is 75.7 cm³/mol. The summed E-state index contributed by atoms with van der Waals surface area (Å²) in [5.41, 5.74) is 0.0296. The van der Waals surface area contributed by atoms with E-state index in [4.69, 9.17) is 9.47 Å². The summed E-state index contributed by atoms with van der Waals surface area (Å²) in [6.45, 7) is 5.27. The van der Waals surface area contributed by atoms with Crippen LogP contribution in [0.15, 0.2) is 24.3 Å². The Morgan fingerprint density at radius 2 is 1.79 bits per heavy atom. The zero-order chi connectivity index (χ0) is 14.5. The van der Waals surface area contributed by atoms with Crippen molar-refractivity contribution >= 4 is 33.7 Å². The Balaban J connectivity index is 2.57. The summed E-state index contributed by atoms with van der Waals surface area (Å²) in [7, 11) is 0. The van der Waals surface area contributed by atoms with Gasteiger partial charge >= 0.3 is 6.16 Å². The Labute approximate surface area is 120 Å². The fraction of sp³-hybridized carbons (Fsp3) is 0.385. The number of anilines is 1. The second-order valence-electron chi connectivity index (χ2n) is 4.77. The molecule has 0 radical (unpaired) electrons. The number of hydrogen-bond donors (Lipinski definition) is 1. The number of alkyl halides is 1. The van der Waals surface area contributed by atoms with Crippen molar-refractivity contribution in [3.63, 3.8) is 0 Å². The van der Waals surface area contributed by atoms with E-state index in [1.165, 1.54) is 0 Å². The van der Waals surface area contributed by atoms with Gasteiger partial charge in [0.15, 0.2) is 0 Å². The topological polar surface area (TPSA) is 64.6 Å². The largest absolute Gasteiger partial charge is 0.514 e. The molecular formula is C13H16BrNO4. The summed E-state index contributed by atoms with van der Waals surface area (Å²) in [5, 5.41) is 2.88. The molecule has 0 spiro atoms. The third-order valence-corrected chi connectivity index (χ3v) is 2.36. The Kier molecular flexibility index (Phi) is 5.35. The van der Waals surface area contributed by atoms with Gasteiger partial charge < -0.3 is 14.8 Å². The van der Waals surface area contributed by atoms with Gasteiger partial charge in [-0.1, -0.05) is 15.9 Å². The molecule has 0 aliphatic rings. The average molecular weight is 330 g/mol. The lowest BCUT2D eigenvalue weighted by molar-refractivity contribution is -0.113. The summed E-state index contributed by atoms with van der Waals surface area (Å²) < 4.78 is 10.0. The van der Waals surface area contributed by atoms with Gasteiger partial charge in [0, 0.05) is 5.69 Å². The maximum absolute atomic E-state index is 11.4. The third-order valence-electron chi connectivity index (χ3n) is 1.85. The van der Waals surface area contributed by atoms with Gasteiger partial charge in [-0.25, -0.2) is 4.79 Å². The summed E-state index contributed by atoms with van der Waals surface area (Å²) in [4.78, 5) is 22.6. The van der Waals surface area contributed by atoms with Crippen LogP contribution < -0.4 is 10.1 Å². The Bertz CT molecular complexity index is 451. The van der Waals surface area contributed by atoms with Crippen LogP contribution in [0, 0.1) is 0 Å². The van der Waals surface area contributed by atoms with E-state index in [9.17, 15) is 9.59 Å². The van der Waals surface area contributed by atoms with Crippen molar-refractivity contribution < 1.29 is 19.1 Å². The van der Waals surface area contributed by atoms with Crippen LogP contribution in [-0.2, 0) is 9.53 Å². The molecule has 5 nitrogen and oxygen atoms in total. The molecule has 0 atom stereocenters. The fourth-order valence-electron chi connectivity index (χ4n) is 1.17. The van der Waals surface area contributed by atoms with Crippen LogP contribution in [0.2, 0.25) is 0 Å². The summed E-state index contributed by atoms with van der Waals surface area (Å²) in [5.74, 6) is 0.201. The molecule has 1 amide bonds. The van der Waals surface area contributed by atoms with Crippen LogP contribution in [0.4, 0.5) is 10.5 Å². The fourth-order valence-corrected chi connectivity index (χ4v) is 1.31. The van der Waals surface area contributed by atoms with E-state index in [1.807, 2.05) is 0 Å². The number of rotatable bonds is 3. The highest BCUT2D eigenvalue weighted by Gasteiger charge is 2.17. The Morgan fingerprint density at radius 3 is 2.26 bits per heavy atom. The minimum atomic E-state index is -0.759. The van der Waals surface area contributed by atoms with Crippen LogP contribution >= 0.6 is 15.9 Å².